The molecular formula is C18H16ClFN4O3S. The Bertz CT molecular complexity index is 1080. The number of amides is 1. The smallest absolute Gasteiger partial charge is 0.263 e. The van der Waals surface area contributed by atoms with E-state index in [1.165, 1.54) is 23.8 Å². The van der Waals surface area contributed by atoms with Crippen LogP contribution in [0.3, 0.4) is 0 Å². The fourth-order valence-corrected chi connectivity index (χ4v) is 3.46. The molecule has 1 amide bonds. The van der Waals surface area contributed by atoms with Crippen LogP contribution < -0.4 is 10.9 Å². The molecule has 0 aliphatic heterocycles. The molecule has 0 saturated heterocycles. The van der Waals surface area contributed by atoms with Gasteiger partial charge in [0.05, 0.1) is 35.0 Å². The fourth-order valence-electron chi connectivity index (χ4n) is 2.43. The molecule has 0 unspecified atom stereocenters. The van der Waals surface area contributed by atoms with Crippen molar-refractivity contribution < 1.29 is 13.9 Å². The molecule has 146 valence electrons. The highest BCUT2D eigenvalue weighted by molar-refractivity contribution is 7.99. The molecule has 2 aromatic heterocycles. The number of thioether (sulfide) groups is 1. The van der Waals surface area contributed by atoms with Crippen LogP contribution in [0, 0.1) is 5.82 Å². The summed E-state index contributed by atoms with van der Waals surface area (Å²) in [5, 5.41) is 3.46. The van der Waals surface area contributed by atoms with E-state index in [4.69, 9.17) is 16.3 Å². The average Bonchev–Trinajstić information content (AvgIpc) is 2.68. The van der Waals surface area contributed by atoms with E-state index in [1.54, 1.807) is 18.3 Å². The minimum absolute atomic E-state index is 0.0224. The molecule has 0 saturated carbocycles. The van der Waals surface area contributed by atoms with Crippen LogP contribution in [0.2, 0.25) is 5.02 Å². The first kappa shape index (κ1) is 20.2. The van der Waals surface area contributed by atoms with E-state index in [2.05, 4.69) is 15.3 Å². The van der Waals surface area contributed by atoms with Crippen molar-refractivity contribution in [1.82, 2.24) is 14.5 Å². The number of nitrogens with one attached hydrogen (secondary N) is 1. The first-order valence-corrected chi connectivity index (χ1v) is 9.58. The van der Waals surface area contributed by atoms with Gasteiger partial charge in [-0.15, -0.1) is 0 Å². The summed E-state index contributed by atoms with van der Waals surface area (Å²) in [4.78, 5) is 33.5. The maximum Gasteiger partial charge on any atom is 0.263 e. The number of carbonyl (C=O) groups is 1. The van der Waals surface area contributed by atoms with E-state index in [9.17, 15) is 14.0 Å². The summed E-state index contributed by atoms with van der Waals surface area (Å²) < 4.78 is 19.6. The summed E-state index contributed by atoms with van der Waals surface area (Å²) in [6, 6.07) is 7.02. The van der Waals surface area contributed by atoms with Crippen molar-refractivity contribution >= 4 is 46.0 Å². The lowest BCUT2D eigenvalue weighted by Crippen LogP contribution is -2.26. The zero-order chi connectivity index (χ0) is 20.1. The van der Waals surface area contributed by atoms with Crippen LogP contribution in [0.4, 0.5) is 10.1 Å². The Balaban J connectivity index is 1.80. The van der Waals surface area contributed by atoms with Gasteiger partial charge in [-0.2, -0.15) is 0 Å². The monoisotopic (exact) mass is 422 g/mol. The molecule has 0 spiro atoms. The molecular weight excluding hydrogens is 407 g/mol. The highest BCUT2D eigenvalue weighted by Gasteiger charge is 2.14. The molecule has 3 aromatic rings. The quantitative estimate of drug-likeness (QED) is 0.465. The maximum atomic E-state index is 13.1. The highest BCUT2D eigenvalue weighted by atomic mass is 35.5. The summed E-state index contributed by atoms with van der Waals surface area (Å²) in [6.07, 6.45) is 1.55. The van der Waals surface area contributed by atoms with Crippen LogP contribution in [0.25, 0.3) is 11.0 Å². The Labute approximate surface area is 168 Å². The largest absolute Gasteiger partial charge is 0.383 e. The number of fused-ring (bicyclic) bond motifs is 1. The lowest BCUT2D eigenvalue weighted by atomic mass is 10.3. The van der Waals surface area contributed by atoms with Gasteiger partial charge in [-0.1, -0.05) is 23.4 Å². The molecule has 28 heavy (non-hydrogen) atoms. The van der Waals surface area contributed by atoms with Crippen LogP contribution in [0.15, 0.2) is 46.5 Å². The Morgan fingerprint density at radius 2 is 2.21 bits per heavy atom. The van der Waals surface area contributed by atoms with E-state index in [0.29, 0.717) is 35.0 Å². The molecule has 7 nitrogen and oxygen atoms in total. The predicted molar refractivity (Wildman–Crippen MR) is 106 cm³/mol. The van der Waals surface area contributed by atoms with Crippen LogP contribution in [-0.2, 0) is 16.1 Å². The van der Waals surface area contributed by atoms with Crippen molar-refractivity contribution in [2.24, 2.45) is 0 Å². The Kier molecular flexibility index (Phi) is 6.61. The van der Waals surface area contributed by atoms with Crippen molar-refractivity contribution in [2.75, 3.05) is 24.8 Å². The van der Waals surface area contributed by atoms with E-state index in [-0.39, 0.29) is 22.2 Å². The topological polar surface area (TPSA) is 86.1 Å². The van der Waals surface area contributed by atoms with E-state index in [0.717, 1.165) is 17.8 Å². The fraction of sp³-hybridized carbons (Fsp3) is 0.222. The van der Waals surface area contributed by atoms with Crippen LogP contribution in [-0.4, -0.2) is 39.9 Å². The summed E-state index contributed by atoms with van der Waals surface area (Å²) in [5.74, 6) is -0.884. The number of pyridine rings is 1. The predicted octanol–water partition coefficient (Wildman–Crippen LogP) is 2.96. The van der Waals surface area contributed by atoms with Gasteiger partial charge < -0.3 is 10.1 Å². The third-order valence-electron chi connectivity index (χ3n) is 3.75. The number of halogens is 2. The molecule has 1 N–H and O–H groups in total. The van der Waals surface area contributed by atoms with Crippen molar-refractivity contribution in [3.63, 3.8) is 0 Å². The van der Waals surface area contributed by atoms with E-state index < -0.39 is 5.82 Å². The van der Waals surface area contributed by atoms with Crippen molar-refractivity contribution in [3.05, 3.63) is 57.7 Å². The molecule has 0 fully saturated rings. The lowest BCUT2D eigenvalue weighted by Gasteiger charge is -2.12. The highest BCUT2D eigenvalue weighted by Crippen LogP contribution is 2.23. The number of methoxy groups -OCH3 is 1. The van der Waals surface area contributed by atoms with Gasteiger partial charge in [0.15, 0.2) is 10.8 Å². The van der Waals surface area contributed by atoms with E-state index in [1.807, 2.05) is 0 Å². The zero-order valence-corrected chi connectivity index (χ0v) is 16.4. The molecule has 0 aliphatic carbocycles. The number of hydrogen-bond acceptors (Lipinski definition) is 6. The Morgan fingerprint density at radius 1 is 1.39 bits per heavy atom. The van der Waals surface area contributed by atoms with Crippen molar-refractivity contribution in [1.29, 1.82) is 0 Å². The molecule has 3 rings (SSSR count). The number of nitrogens with zero attached hydrogens (tertiary/aromatic N) is 3. The zero-order valence-electron chi connectivity index (χ0n) is 14.8. The van der Waals surface area contributed by atoms with Crippen LogP contribution >= 0.6 is 23.4 Å². The Hall–Kier alpha value is -2.49. The molecule has 2 heterocycles. The maximum absolute atomic E-state index is 13.1. The molecule has 0 atom stereocenters. The average molecular weight is 423 g/mol. The van der Waals surface area contributed by atoms with Crippen molar-refractivity contribution in [2.45, 2.75) is 11.7 Å². The number of rotatable bonds is 7. The number of hydrogen-bond donors (Lipinski definition) is 1. The van der Waals surface area contributed by atoms with Gasteiger partial charge >= 0.3 is 0 Å². The van der Waals surface area contributed by atoms with E-state index >= 15 is 0 Å². The molecule has 10 heteroatoms. The molecule has 0 radical (unpaired) electrons. The van der Waals surface area contributed by atoms with Crippen molar-refractivity contribution in [3.8, 4) is 0 Å². The van der Waals surface area contributed by atoms with Gasteiger partial charge in [-0.25, -0.2) is 14.4 Å². The summed E-state index contributed by atoms with van der Waals surface area (Å²) >= 11 is 7.01. The second kappa shape index (κ2) is 9.13. The Morgan fingerprint density at radius 3 is 2.96 bits per heavy atom. The first-order valence-electron chi connectivity index (χ1n) is 8.22. The minimum Gasteiger partial charge on any atom is -0.383 e. The molecule has 0 aliphatic rings. The van der Waals surface area contributed by atoms with Gasteiger partial charge in [0.25, 0.3) is 5.56 Å². The van der Waals surface area contributed by atoms with Gasteiger partial charge in [-0.3, -0.25) is 14.2 Å². The molecule has 0 bridgehead atoms. The summed E-state index contributed by atoms with van der Waals surface area (Å²) in [6.45, 7) is 0.610. The second-order valence-electron chi connectivity index (χ2n) is 5.68. The number of benzene rings is 1. The van der Waals surface area contributed by atoms with Crippen LogP contribution in [0.5, 0.6) is 0 Å². The van der Waals surface area contributed by atoms with Gasteiger partial charge in [0, 0.05) is 13.3 Å². The van der Waals surface area contributed by atoms with Crippen LogP contribution in [0.1, 0.15) is 0 Å². The third kappa shape index (κ3) is 4.67. The standard InChI is InChI=1S/C18H16ClFN4O3S/c1-27-8-7-24-17(26)12-3-2-6-21-16(12)23-18(24)28-10-15(25)22-14-5-4-11(20)9-13(14)19/h2-6,9H,7-8,10H2,1H3,(H,22,25). The summed E-state index contributed by atoms with van der Waals surface area (Å²) in [5.41, 5.74) is 0.365. The SMILES string of the molecule is COCCn1c(SCC(=O)Nc2ccc(F)cc2Cl)nc2ncccc2c1=O. The van der Waals surface area contributed by atoms with Gasteiger partial charge in [0.1, 0.15) is 5.82 Å². The number of ether oxygens (including phenoxy) is 1. The second-order valence-corrected chi connectivity index (χ2v) is 7.03. The number of carbonyl (C=O) groups excluding carboxylic acids is 1. The lowest BCUT2D eigenvalue weighted by molar-refractivity contribution is -0.113. The molecule has 1 aromatic carbocycles. The number of aromatic nitrogens is 3. The first-order chi connectivity index (χ1) is 13.5. The third-order valence-corrected chi connectivity index (χ3v) is 5.04. The minimum atomic E-state index is -0.493. The summed E-state index contributed by atoms with van der Waals surface area (Å²) in [7, 11) is 1.54. The number of anilines is 1. The normalized spacial score (nSPS) is 11.0. The van der Waals surface area contributed by atoms with Gasteiger partial charge in [-0.05, 0) is 30.3 Å². The van der Waals surface area contributed by atoms with Gasteiger partial charge in [0.2, 0.25) is 5.91 Å².